The van der Waals surface area contributed by atoms with E-state index in [0.717, 1.165) is 17.1 Å². The van der Waals surface area contributed by atoms with Gasteiger partial charge in [0.1, 0.15) is 5.82 Å². The molecule has 2 aromatic rings. The number of anilines is 2. The second-order valence-corrected chi connectivity index (χ2v) is 8.12. The number of ketones is 1. The molecule has 134 valence electrons. The molecule has 0 fully saturated rings. The minimum Gasteiger partial charge on any atom is -0.372 e. The molecule has 2 N–H and O–H groups in total. The van der Waals surface area contributed by atoms with E-state index in [0.29, 0.717) is 29.0 Å². The number of carbonyl (C=O) groups excluding carboxylic acids is 1. The lowest BCUT2D eigenvalue weighted by atomic mass is 9.73. The number of halogens is 2. The minimum absolute atomic E-state index is 0.0216. The summed E-state index contributed by atoms with van der Waals surface area (Å²) < 4.78 is 14.7. The van der Waals surface area contributed by atoms with E-state index in [2.05, 4.69) is 24.5 Å². The van der Waals surface area contributed by atoms with Gasteiger partial charge in [0, 0.05) is 28.3 Å². The Bertz CT molecular complexity index is 915. The van der Waals surface area contributed by atoms with Crippen molar-refractivity contribution in [3.63, 3.8) is 0 Å². The molecule has 1 heterocycles. The van der Waals surface area contributed by atoms with Crippen molar-refractivity contribution in [1.82, 2.24) is 0 Å². The zero-order valence-electron chi connectivity index (χ0n) is 14.7. The first-order chi connectivity index (χ1) is 12.4. The maximum Gasteiger partial charge on any atom is 0.163 e. The van der Waals surface area contributed by atoms with Gasteiger partial charge in [-0.05, 0) is 36.1 Å². The normalized spacial score (nSPS) is 21.2. The van der Waals surface area contributed by atoms with E-state index in [1.54, 1.807) is 12.1 Å². The Morgan fingerprint density at radius 2 is 1.81 bits per heavy atom. The molecule has 0 saturated heterocycles. The second-order valence-electron chi connectivity index (χ2n) is 7.72. The molecule has 0 unspecified atom stereocenters. The monoisotopic (exact) mass is 370 g/mol. The number of hydrogen-bond donors (Lipinski definition) is 2. The molecule has 2 aromatic carbocycles. The predicted octanol–water partition coefficient (Wildman–Crippen LogP) is 5.70. The summed E-state index contributed by atoms with van der Waals surface area (Å²) in [7, 11) is 0. The van der Waals surface area contributed by atoms with Crippen LogP contribution in [0.1, 0.15) is 38.3 Å². The number of Topliss-reactive ketones (excluding diaryl/α,β-unsaturated/α-hetero) is 1. The minimum atomic E-state index is -0.626. The van der Waals surface area contributed by atoms with Crippen molar-refractivity contribution < 1.29 is 9.18 Å². The van der Waals surface area contributed by atoms with Crippen LogP contribution >= 0.6 is 11.6 Å². The van der Waals surface area contributed by atoms with Crippen LogP contribution in [-0.2, 0) is 4.79 Å². The Morgan fingerprint density at radius 3 is 2.54 bits per heavy atom. The average Bonchev–Trinajstić information content (AvgIpc) is 2.70. The van der Waals surface area contributed by atoms with Crippen LogP contribution < -0.4 is 10.6 Å². The van der Waals surface area contributed by atoms with Crippen LogP contribution in [0.4, 0.5) is 15.8 Å². The highest BCUT2D eigenvalue weighted by Crippen LogP contribution is 2.46. The molecule has 26 heavy (non-hydrogen) atoms. The van der Waals surface area contributed by atoms with Crippen molar-refractivity contribution in [3.8, 4) is 0 Å². The highest BCUT2D eigenvalue weighted by molar-refractivity contribution is 6.31. The number of carbonyl (C=O) groups is 1. The van der Waals surface area contributed by atoms with Crippen molar-refractivity contribution in [2.45, 2.75) is 32.7 Å². The quantitative estimate of drug-likeness (QED) is 0.676. The summed E-state index contributed by atoms with van der Waals surface area (Å²) in [6.07, 6.45) is 1.14. The molecular weight excluding hydrogens is 351 g/mol. The summed E-state index contributed by atoms with van der Waals surface area (Å²) in [6, 6.07) is 11.7. The van der Waals surface area contributed by atoms with E-state index in [1.165, 1.54) is 6.07 Å². The van der Waals surface area contributed by atoms with E-state index in [1.807, 2.05) is 24.3 Å². The fraction of sp³-hybridized carbons (Fsp3) is 0.286. The summed E-state index contributed by atoms with van der Waals surface area (Å²) in [6.45, 7) is 4.15. The Kier molecular flexibility index (Phi) is 4.03. The number of rotatable bonds is 1. The van der Waals surface area contributed by atoms with E-state index >= 15 is 0 Å². The van der Waals surface area contributed by atoms with Gasteiger partial charge in [0.15, 0.2) is 5.78 Å². The first-order valence-corrected chi connectivity index (χ1v) is 9.06. The van der Waals surface area contributed by atoms with Crippen LogP contribution in [-0.4, -0.2) is 5.78 Å². The first-order valence-electron chi connectivity index (χ1n) is 8.68. The number of benzene rings is 2. The van der Waals surface area contributed by atoms with Gasteiger partial charge in [0.05, 0.1) is 17.4 Å². The van der Waals surface area contributed by atoms with Gasteiger partial charge in [-0.1, -0.05) is 43.6 Å². The molecular formula is C21H20ClFN2O. The molecule has 3 nitrogen and oxygen atoms in total. The van der Waals surface area contributed by atoms with Crippen LogP contribution in [0.25, 0.3) is 0 Å². The summed E-state index contributed by atoms with van der Waals surface area (Å²) in [5.74, 6) is -0.396. The zero-order chi connectivity index (χ0) is 18.5. The summed E-state index contributed by atoms with van der Waals surface area (Å²) in [5.41, 5.74) is 3.28. The van der Waals surface area contributed by atoms with E-state index in [9.17, 15) is 9.18 Å². The molecule has 1 atom stereocenters. The Hall–Kier alpha value is -2.33. The fourth-order valence-electron chi connectivity index (χ4n) is 3.89. The van der Waals surface area contributed by atoms with Crippen LogP contribution in [0.3, 0.4) is 0 Å². The lowest BCUT2D eigenvalue weighted by molar-refractivity contribution is -0.118. The lowest BCUT2D eigenvalue weighted by Gasteiger charge is -2.34. The molecule has 5 heteroatoms. The molecule has 0 saturated carbocycles. The van der Waals surface area contributed by atoms with Crippen LogP contribution in [0.2, 0.25) is 5.02 Å². The number of nitrogens with one attached hydrogen (secondary N) is 2. The highest BCUT2D eigenvalue weighted by Gasteiger charge is 2.39. The molecule has 1 aliphatic heterocycles. The van der Waals surface area contributed by atoms with Crippen molar-refractivity contribution in [2.75, 3.05) is 10.6 Å². The molecule has 0 radical (unpaired) electrons. The molecule has 0 spiro atoms. The molecule has 2 aliphatic rings. The van der Waals surface area contributed by atoms with Gasteiger partial charge in [-0.15, -0.1) is 0 Å². The summed E-state index contributed by atoms with van der Waals surface area (Å²) in [5, 5.41) is 7.08. The molecule has 0 bridgehead atoms. The average molecular weight is 371 g/mol. The van der Waals surface area contributed by atoms with Crippen LogP contribution in [0.5, 0.6) is 0 Å². The van der Waals surface area contributed by atoms with Crippen LogP contribution in [0.15, 0.2) is 53.7 Å². The van der Waals surface area contributed by atoms with E-state index in [-0.39, 0.29) is 11.2 Å². The van der Waals surface area contributed by atoms with Gasteiger partial charge in [0.2, 0.25) is 0 Å². The lowest BCUT2D eigenvalue weighted by Crippen LogP contribution is -2.31. The maximum absolute atomic E-state index is 14.7. The van der Waals surface area contributed by atoms with Gasteiger partial charge in [-0.2, -0.15) is 0 Å². The number of para-hydroxylation sites is 2. The highest BCUT2D eigenvalue weighted by atomic mass is 35.5. The largest absolute Gasteiger partial charge is 0.372 e. The molecule has 0 amide bonds. The molecule has 4 rings (SSSR count). The smallest absolute Gasteiger partial charge is 0.163 e. The van der Waals surface area contributed by atoms with Crippen molar-refractivity contribution in [1.29, 1.82) is 0 Å². The third-order valence-corrected chi connectivity index (χ3v) is 5.34. The Balaban J connectivity index is 1.95. The molecule has 1 aliphatic carbocycles. The summed E-state index contributed by atoms with van der Waals surface area (Å²) in [4.78, 5) is 13.1. The third kappa shape index (κ3) is 2.88. The number of allylic oxidation sites excluding steroid dienone is 1. The fourth-order valence-corrected chi connectivity index (χ4v) is 4.16. The summed E-state index contributed by atoms with van der Waals surface area (Å²) >= 11 is 6.34. The second kappa shape index (κ2) is 6.13. The van der Waals surface area contributed by atoms with Gasteiger partial charge in [-0.3, -0.25) is 4.79 Å². The van der Waals surface area contributed by atoms with Crippen LogP contribution in [0, 0.1) is 11.2 Å². The van der Waals surface area contributed by atoms with E-state index in [4.69, 9.17) is 11.6 Å². The van der Waals surface area contributed by atoms with E-state index < -0.39 is 11.9 Å². The van der Waals surface area contributed by atoms with Gasteiger partial charge < -0.3 is 10.6 Å². The Labute approximate surface area is 157 Å². The van der Waals surface area contributed by atoms with Gasteiger partial charge in [-0.25, -0.2) is 4.39 Å². The third-order valence-electron chi connectivity index (χ3n) is 5.01. The number of hydrogen-bond acceptors (Lipinski definition) is 3. The molecule has 0 aromatic heterocycles. The maximum atomic E-state index is 14.7. The van der Waals surface area contributed by atoms with Gasteiger partial charge in [0.25, 0.3) is 0 Å². The van der Waals surface area contributed by atoms with Crippen molar-refractivity contribution >= 4 is 28.8 Å². The van der Waals surface area contributed by atoms with Gasteiger partial charge >= 0.3 is 0 Å². The van der Waals surface area contributed by atoms with Crippen molar-refractivity contribution in [2.24, 2.45) is 5.41 Å². The first kappa shape index (κ1) is 17.1. The Morgan fingerprint density at radius 1 is 1.08 bits per heavy atom. The van der Waals surface area contributed by atoms with Crippen molar-refractivity contribution in [3.05, 3.63) is 70.1 Å². The number of fused-ring (bicyclic) bond motifs is 1. The SMILES string of the molecule is CC1(C)CC(=O)C2=C(C1)Nc1ccccc1N[C@@H]2c1c(F)cccc1Cl. The predicted molar refractivity (Wildman–Crippen MR) is 103 cm³/mol. The standard InChI is InChI=1S/C21H20ClFN2O/c1-21(2)10-16-19(17(26)11-21)20(18-12(22)6-5-7-13(18)23)25-15-9-4-3-8-14(15)24-16/h3-9,20,24-25H,10-11H2,1-2H3/t20-/m1/s1. The topological polar surface area (TPSA) is 41.1 Å². The zero-order valence-corrected chi connectivity index (χ0v) is 15.5.